The van der Waals surface area contributed by atoms with E-state index in [0.29, 0.717) is 18.8 Å². The largest absolute Gasteiger partial charge is 0.492 e. The minimum absolute atomic E-state index is 0.257. The molecule has 20 heavy (non-hydrogen) atoms. The molecule has 0 aromatic heterocycles. The van der Waals surface area contributed by atoms with E-state index in [0.717, 1.165) is 22.8 Å². The molecule has 0 spiro atoms. The molecule has 4 heteroatoms. The van der Waals surface area contributed by atoms with Crippen LogP contribution in [0.2, 0.25) is 5.02 Å². The number of hydrogen-bond donors (Lipinski definition) is 1. The molecule has 2 aromatic rings. The van der Waals surface area contributed by atoms with Gasteiger partial charge in [0.1, 0.15) is 18.2 Å². The van der Waals surface area contributed by atoms with Crippen LogP contribution >= 0.6 is 11.6 Å². The van der Waals surface area contributed by atoms with E-state index in [1.165, 1.54) is 6.07 Å². The maximum absolute atomic E-state index is 13.4. The number of nitrogens with one attached hydrogen (secondary N) is 1. The van der Waals surface area contributed by atoms with Crippen molar-refractivity contribution in [2.45, 2.75) is 13.3 Å². The average Bonchev–Trinajstić information content (AvgIpc) is 2.47. The lowest BCUT2D eigenvalue weighted by molar-refractivity contribution is 0.332. The first-order valence-electron chi connectivity index (χ1n) is 6.60. The van der Waals surface area contributed by atoms with E-state index >= 15 is 0 Å². The number of hydrogen-bond acceptors (Lipinski definition) is 2. The van der Waals surface area contributed by atoms with Crippen LogP contribution in [0.25, 0.3) is 0 Å². The quantitative estimate of drug-likeness (QED) is 0.790. The number of ether oxygens (including phenoxy) is 1. The highest BCUT2D eigenvalue weighted by atomic mass is 35.5. The smallest absolute Gasteiger partial charge is 0.146 e. The molecule has 0 unspecified atom stereocenters. The number of para-hydroxylation sites is 1. The summed E-state index contributed by atoms with van der Waals surface area (Å²) in [6.45, 7) is 3.04. The van der Waals surface area contributed by atoms with Gasteiger partial charge in [0, 0.05) is 11.6 Å². The molecule has 0 aliphatic heterocycles. The van der Waals surface area contributed by atoms with Gasteiger partial charge in [0.15, 0.2) is 0 Å². The SMILES string of the molecule is CCc1cc(OCCNc2ccccc2F)ccc1Cl. The van der Waals surface area contributed by atoms with Crippen molar-refractivity contribution in [3.05, 3.63) is 58.9 Å². The van der Waals surface area contributed by atoms with Crippen LogP contribution in [-0.2, 0) is 6.42 Å². The zero-order valence-electron chi connectivity index (χ0n) is 11.3. The Labute approximate surface area is 123 Å². The summed E-state index contributed by atoms with van der Waals surface area (Å²) in [5.74, 6) is 0.522. The molecule has 0 saturated heterocycles. The van der Waals surface area contributed by atoms with Crippen LogP contribution in [0.1, 0.15) is 12.5 Å². The Morgan fingerprint density at radius 3 is 2.75 bits per heavy atom. The Morgan fingerprint density at radius 2 is 2.00 bits per heavy atom. The van der Waals surface area contributed by atoms with E-state index < -0.39 is 0 Å². The van der Waals surface area contributed by atoms with Crippen molar-refractivity contribution < 1.29 is 9.13 Å². The van der Waals surface area contributed by atoms with Gasteiger partial charge in [-0.05, 0) is 42.3 Å². The summed E-state index contributed by atoms with van der Waals surface area (Å²) in [6, 6.07) is 12.2. The fraction of sp³-hybridized carbons (Fsp3) is 0.250. The van der Waals surface area contributed by atoms with Crippen molar-refractivity contribution in [1.82, 2.24) is 0 Å². The fourth-order valence-corrected chi connectivity index (χ4v) is 2.12. The number of rotatable bonds is 6. The Hall–Kier alpha value is -1.74. The van der Waals surface area contributed by atoms with Crippen molar-refractivity contribution in [2.75, 3.05) is 18.5 Å². The van der Waals surface area contributed by atoms with Crippen molar-refractivity contribution in [2.24, 2.45) is 0 Å². The molecule has 2 aromatic carbocycles. The summed E-state index contributed by atoms with van der Waals surface area (Å²) >= 11 is 6.05. The van der Waals surface area contributed by atoms with Crippen molar-refractivity contribution in [3.8, 4) is 5.75 Å². The molecule has 2 rings (SSSR count). The highest BCUT2D eigenvalue weighted by Gasteiger charge is 2.02. The molecule has 0 fully saturated rings. The summed E-state index contributed by atoms with van der Waals surface area (Å²) in [6.07, 6.45) is 0.865. The first kappa shape index (κ1) is 14.7. The predicted octanol–water partition coefficient (Wildman–Crippen LogP) is 4.53. The molecular formula is C16H17ClFNO. The minimum Gasteiger partial charge on any atom is -0.492 e. The molecular weight excluding hydrogens is 277 g/mol. The number of benzene rings is 2. The third-order valence-corrected chi connectivity index (χ3v) is 3.33. The molecule has 0 atom stereocenters. The van der Waals surface area contributed by atoms with Crippen LogP contribution in [0, 0.1) is 5.82 Å². The van der Waals surface area contributed by atoms with E-state index in [9.17, 15) is 4.39 Å². The lowest BCUT2D eigenvalue weighted by Crippen LogP contribution is -2.12. The maximum Gasteiger partial charge on any atom is 0.146 e. The molecule has 0 bridgehead atoms. The standard InChI is InChI=1S/C16H17ClFNO/c1-2-12-11-13(7-8-14(12)17)20-10-9-19-16-6-4-3-5-15(16)18/h3-8,11,19H,2,9-10H2,1H3. The molecule has 106 valence electrons. The summed E-state index contributed by atoms with van der Waals surface area (Å²) in [5, 5.41) is 3.75. The van der Waals surface area contributed by atoms with Gasteiger partial charge in [-0.15, -0.1) is 0 Å². The molecule has 2 nitrogen and oxygen atoms in total. The van der Waals surface area contributed by atoms with Crippen molar-refractivity contribution in [3.63, 3.8) is 0 Å². The van der Waals surface area contributed by atoms with E-state index in [1.807, 2.05) is 25.1 Å². The Bertz CT molecular complexity index is 574. The average molecular weight is 294 g/mol. The second kappa shape index (κ2) is 7.15. The lowest BCUT2D eigenvalue weighted by atomic mass is 10.1. The van der Waals surface area contributed by atoms with Crippen LogP contribution in [0.3, 0.4) is 0 Å². The normalized spacial score (nSPS) is 10.3. The molecule has 0 radical (unpaired) electrons. The number of halogens is 2. The first-order chi connectivity index (χ1) is 9.70. The van der Waals surface area contributed by atoms with E-state index in [4.69, 9.17) is 16.3 Å². The van der Waals surface area contributed by atoms with Crippen molar-refractivity contribution in [1.29, 1.82) is 0 Å². The highest BCUT2D eigenvalue weighted by Crippen LogP contribution is 2.22. The van der Waals surface area contributed by atoms with Crippen LogP contribution in [0.15, 0.2) is 42.5 Å². The zero-order chi connectivity index (χ0) is 14.4. The zero-order valence-corrected chi connectivity index (χ0v) is 12.1. The predicted molar refractivity (Wildman–Crippen MR) is 81.2 cm³/mol. The fourth-order valence-electron chi connectivity index (χ4n) is 1.87. The Balaban J connectivity index is 1.83. The lowest BCUT2D eigenvalue weighted by Gasteiger charge is -2.10. The van der Waals surface area contributed by atoms with Gasteiger partial charge in [0.2, 0.25) is 0 Å². The van der Waals surface area contributed by atoms with Gasteiger partial charge >= 0.3 is 0 Å². The van der Waals surface area contributed by atoms with E-state index in [1.54, 1.807) is 18.2 Å². The first-order valence-corrected chi connectivity index (χ1v) is 6.98. The van der Waals surface area contributed by atoms with Crippen LogP contribution < -0.4 is 10.1 Å². The third kappa shape index (κ3) is 3.87. The Kier molecular flexibility index (Phi) is 5.24. The van der Waals surface area contributed by atoms with Crippen LogP contribution in [-0.4, -0.2) is 13.2 Å². The molecule has 0 amide bonds. The van der Waals surface area contributed by atoms with Gasteiger partial charge in [0.05, 0.1) is 5.69 Å². The van der Waals surface area contributed by atoms with Gasteiger partial charge in [0.25, 0.3) is 0 Å². The molecule has 0 aliphatic carbocycles. The van der Waals surface area contributed by atoms with Gasteiger partial charge in [-0.1, -0.05) is 30.7 Å². The van der Waals surface area contributed by atoms with Gasteiger partial charge in [-0.2, -0.15) is 0 Å². The topological polar surface area (TPSA) is 21.3 Å². The van der Waals surface area contributed by atoms with Crippen LogP contribution in [0.5, 0.6) is 5.75 Å². The minimum atomic E-state index is -0.257. The maximum atomic E-state index is 13.4. The second-order valence-electron chi connectivity index (χ2n) is 4.36. The highest BCUT2D eigenvalue weighted by molar-refractivity contribution is 6.31. The number of anilines is 1. The van der Waals surface area contributed by atoms with Crippen molar-refractivity contribution >= 4 is 17.3 Å². The van der Waals surface area contributed by atoms with E-state index in [2.05, 4.69) is 5.32 Å². The summed E-state index contributed by atoms with van der Waals surface area (Å²) in [4.78, 5) is 0. The molecule has 0 heterocycles. The third-order valence-electron chi connectivity index (χ3n) is 2.96. The number of aryl methyl sites for hydroxylation is 1. The van der Waals surface area contributed by atoms with Gasteiger partial charge in [-0.3, -0.25) is 0 Å². The summed E-state index contributed by atoms with van der Waals surface area (Å²) in [5.41, 5.74) is 1.55. The Morgan fingerprint density at radius 1 is 1.20 bits per heavy atom. The van der Waals surface area contributed by atoms with Gasteiger partial charge < -0.3 is 10.1 Å². The molecule has 0 saturated carbocycles. The molecule has 0 aliphatic rings. The summed E-state index contributed by atoms with van der Waals surface area (Å²) in [7, 11) is 0. The summed E-state index contributed by atoms with van der Waals surface area (Å²) < 4.78 is 19.0. The van der Waals surface area contributed by atoms with Gasteiger partial charge in [-0.25, -0.2) is 4.39 Å². The van der Waals surface area contributed by atoms with E-state index in [-0.39, 0.29) is 5.82 Å². The van der Waals surface area contributed by atoms with Crippen LogP contribution in [0.4, 0.5) is 10.1 Å². The second-order valence-corrected chi connectivity index (χ2v) is 4.77. The molecule has 1 N–H and O–H groups in total. The monoisotopic (exact) mass is 293 g/mol.